The number of pyridine rings is 1. The molecular weight excluding hydrogens is 599 g/mol. The maximum absolute atomic E-state index is 9.45. The van der Waals surface area contributed by atoms with E-state index in [9.17, 15) is 5.26 Å². The second-order valence-corrected chi connectivity index (χ2v) is 14.4. The van der Waals surface area contributed by atoms with Gasteiger partial charge in [0.25, 0.3) is 0 Å². The number of benzene rings is 4. The molecule has 2 aliphatic rings. The molecule has 0 N–H and O–H groups in total. The second kappa shape index (κ2) is 12.9. The highest BCUT2D eigenvalue weighted by atomic mass is 15.0. The maximum Gasteiger partial charge on any atom is 0.164 e. The minimum Gasteiger partial charge on any atom is -0.265 e. The van der Waals surface area contributed by atoms with Crippen LogP contribution >= 0.6 is 0 Å². The molecule has 2 heterocycles. The molecule has 49 heavy (non-hydrogen) atoms. The average Bonchev–Trinajstić information content (AvgIpc) is 3.14. The third-order valence-electron chi connectivity index (χ3n) is 10.6. The van der Waals surface area contributed by atoms with Gasteiger partial charge in [0, 0.05) is 29.1 Å². The summed E-state index contributed by atoms with van der Waals surface area (Å²) in [4.78, 5) is 19.2. The van der Waals surface area contributed by atoms with Gasteiger partial charge in [0.2, 0.25) is 0 Å². The molecule has 2 fully saturated rings. The molecule has 0 spiro atoms. The molecule has 0 radical (unpaired) electrons. The smallest absolute Gasteiger partial charge is 0.164 e. The van der Waals surface area contributed by atoms with E-state index >= 15 is 0 Å². The Morgan fingerprint density at radius 2 is 1.06 bits per heavy atom. The fourth-order valence-electron chi connectivity index (χ4n) is 8.75. The quantitative estimate of drug-likeness (QED) is 0.182. The summed E-state index contributed by atoms with van der Waals surface area (Å²) in [7, 11) is 0. The van der Waals surface area contributed by atoms with Crippen LogP contribution in [0, 0.1) is 29.1 Å². The van der Waals surface area contributed by atoms with Gasteiger partial charge in [-0.05, 0) is 126 Å². The topological polar surface area (TPSA) is 75.3 Å². The van der Waals surface area contributed by atoms with Gasteiger partial charge >= 0.3 is 0 Å². The van der Waals surface area contributed by atoms with Crippen LogP contribution in [0.1, 0.15) is 57.1 Å². The lowest BCUT2D eigenvalue weighted by molar-refractivity contribution is 0.0780. The molecule has 2 aliphatic carbocycles. The Labute approximate surface area is 288 Å². The van der Waals surface area contributed by atoms with E-state index in [1.165, 1.54) is 37.7 Å². The second-order valence-electron chi connectivity index (χ2n) is 14.4. The molecule has 0 aliphatic heterocycles. The molecule has 5 nitrogen and oxygen atoms in total. The third kappa shape index (κ3) is 6.27. The Morgan fingerprint density at radius 3 is 1.63 bits per heavy atom. The Balaban J connectivity index is 1.26. The lowest BCUT2D eigenvalue weighted by Crippen LogP contribution is -2.42. The minimum absolute atomic E-state index is 0.288. The zero-order chi connectivity index (χ0) is 33.4. The van der Waals surface area contributed by atoms with Gasteiger partial charge in [0.15, 0.2) is 17.5 Å². The zero-order valence-electron chi connectivity index (χ0n) is 28.1. The van der Waals surface area contributed by atoms with Gasteiger partial charge in [-0.1, -0.05) is 80.6 Å². The van der Waals surface area contributed by atoms with E-state index in [1.54, 1.807) is 12.4 Å². The molecular formula is C44H39N5. The average molecular weight is 638 g/mol. The first-order chi connectivity index (χ1) is 23.9. The van der Waals surface area contributed by atoms with Crippen molar-refractivity contribution >= 4 is 0 Å². The van der Waals surface area contributed by atoms with Crippen LogP contribution < -0.4 is 0 Å². The fourth-order valence-corrected chi connectivity index (χ4v) is 8.75. The van der Waals surface area contributed by atoms with Gasteiger partial charge in [0.1, 0.15) is 0 Å². The van der Waals surface area contributed by atoms with Crippen LogP contribution in [0.15, 0.2) is 122 Å². The van der Waals surface area contributed by atoms with E-state index in [-0.39, 0.29) is 5.41 Å². The van der Waals surface area contributed by atoms with Crippen molar-refractivity contribution in [1.82, 2.24) is 19.9 Å². The highest BCUT2D eigenvalue weighted by Crippen LogP contribution is 2.54. The number of nitriles is 1. The largest absolute Gasteiger partial charge is 0.265 e. The minimum atomic E-state index is 0.288. The monoisotopic (exact) mass is 637 g/mol. The van der Waals surface area contributed by atoms with E-state index < -0.39 is 0 Å². The highest BCUT2D eigenvalue weighted by molar-refractivity contribution is 5.80. The molecule has 4 atom stereocenters. The van der Waals surface area contributed by atoms with Crippen molar-refractivity contribution in [3.05, 3.63) is 133 Å². The maximum atomic E-state index is 9.45. The molecule has 0 saturated heterocycles. The van der Waals surface area contributed by atoms with Crippen LogP contribution in [0.4, 0.5) is 0 Å². The van der Waals surface area contributed by atoms with Crippen molar-refractivity contribution in [2.24, 2.45) is 17.8 Å². The van der Waals surface area contributed by atoms with E-state index in [0.29, 0.717) is 23.0 Å². The lowest BCUT2D eigenvalue weighted by atomic mass is 9.54. The molecule has 1 unspecified atom stereocenters. The van der Waals surface area contributed by atoms with E-state index in [1.807, 2.05) is 66.7 Å². The first kappa shape index (κ1) is 30.8. The van der Waals surface area contributed by atoms with E-state index in [2.05, 4.69) is 67.4 Å². The van der Waals surface area contributed by atoms with Gasteiger partial charge in [-0.2, -0.15) is 5.26 Å². The van der Waals surface area contributed by atoms with Crippen molar-refractivity contribution in [3.63, 3.8) is 0 Å². The molecule has 2 bridgehead atoms. The SMILES string of the molecule is C[C@@H]1C[C@@H]2C[C@H](C)CC(c3ccc(-c4cc(-c5ccc(C#N)cc5)cc(-c5nc(-c6ccccc6)nc(-c6ccncc6)n5)c4)cc3)(C1)C2. The number of hydrogen-bond donors (Lipinski definition) is 0. The summed E-state index contributed by atoms with van der Waals surface area (Å²) >= 11 is 0. The van der Waals surface area contributed by atoms with Crippen molar-refractivity contribution in [1.29, 1.82) is 5.26 Å². The van der Waals surface area contributed by atoms with Crippen LogP contribution in [0.5, 0.6) is 0 Å². The predicted molar refractivity (Wildman–Crippen MR) is 196 cm³/mol. The number of rotatable bonds is 6. The molecule has 240 valence electrons. The third-order valence-corrected chi connectivity index (χ3v) is 10.6. The fraction of sp³-hybridized carbons (Fsp3) is 0.250. The molecule has 0 amide bonds. The molecule has 2 saturated carbocycles. The molecule has 2 aromatic heterocycles. The van der Waals surface area contributed by atoms with Crippen LogP contribution in [0.3, 0.4) is 0 Å². The Bertz CT molecular complexity index is 2060. The van der Waals surface area contributed by atoms with Crippen LogP contribution in [0.25, 0.3) is 56.4 Å². The normalized spacial score (nSPS) is 21.5. The van der Waals surface area contributed by atoms with Gasteiger partial charge in [-0.25, -0.2) is 15.0 Å². The van der Waals surface area contributed by atoms with Crippen molar-refractivity contribution in [3.8, 4) is 62.5 Å². The predicted octanol–water partition coefficient (Wildman–Crippen LogP) is 10.6. The molecule has 5 heteroatoms. The molecule has 8 rings (SSSR count). The Hall–Kier alpha value is -5.47. The summed E-state index contributed by atoms with van der Waals surface area (Å²) in [6, 6.07) is 39.9. The summed E-state index contributed by atoms with van der Waals surface area (Å²) in [5.74, 6) is 4.21. The summed E-state index contributed by atoms with van der Waals surface area (Å²) < 4.78 is 0. The van der Waals surface area contributed by atoms with Gasteiger partial charge in [-0.15, -0.1) is 0 Å². The first-order valence-electron chi connectivity index (χ1n) is 17.4. The number of fused-ring (bicyclic) bond motifs is 2. The Morgan fingerprint density at radius 1 is 0.551 bits per heavy atom. The summed E-state index contributed by atoms with van der Waals surface area (Å²) in [5, 5.41) is 9.45. The standard InChI is InChI=1S/C44H39N5/c1-29-20-32-21-30(2)26-44(25-29,27-32)40-14-12-34(13-15-40)38-22-37(33-10-8-31(28-45)9-11-33)23-39(24-38)43-48-41(35-6-4-3-5-7-35)47-42(49-43)36-16-18-46-19-17-36/h3-19,22-24,29-30,32H,20-21,25-27H2,1-2H3/t29-,30+,32-,44?. The first-order valence-corrected chi connectivity index (χ1v) is 17.4. The van der Waals surface area contributed by atoms with Crippen LogP contribution in [-0.2, 0) is 5.41 Å². The summed E-state index contributed by atoms with van der Waals surface area (Å²) in [6.07, 6.45) is 10.2. The molecule has 6 aromatic rings. The number of aromatic nitrogens is 4. The number of nitrogens with zero attached hydrogens (tertiary/aromatic N) is 5. The van der Waals surface area contributed by atoms with Gasteiger partial charge < -0.3 is 0 Å². The van der Waals surface area contributed by atoms with Crippen LogP contribution in [-0.4, -0.2) is 19.9 Å². The zero-order valence-corrected chi connectivity index (χ0v) is 28.1. The van der Waals surface area contributed by atoms with Gasteiger partial charge in [0.05, 0.1) is 11.6 Å². The van der Waals surface area contributed by atoms with Crippen molar-refractivity contribution in [2.45, 2.75) is 51.4 Å². The lowest BCUT2D eigenvalue weighted by Gasteiger charge is -2.50. The summed E-state index contributed by atoms with van der Waals surface area (Å²) in [6.45, 7) is 4.90. The van der Waals surface area contributed by atoms with Crippen molar-refractivity contribution < 1.29 is 0 Å². The summed E-state index contributed by atoms with van der Waals surface area (Å²) in [5.41, 5.74) is 9.46. The van der Waals surface area contributed by atoms with Crippen molar-refractivity contribution in [2.75, 3.05) is 0 Å². The van der Waals surface area contributed by atoms with E-state index in [4.69, 9.17) is 15.0 Å². The Kier molecular flexibility index (Phi) is 8.09. The number of hydrogen-bond acceptors (Lipinski definition) is 5. The molecule has 4 aromatic carbocycles. The highest BCUT2D eigenvalue weighted by Gasteiger charge is 2.45. The van der Waals surface area contributed by atoms with Gasteiger partial charge in [-0.3, -0.25) is 4.98 Å². The van der Waals surface area contributed by atoms with E-state index in [0.717, 1.165) is 56.7 Å². The van der Waals surface area contributed by atoms with Crippen LogP contribution in [0.2, 0.25) is 0 Å².